The lowest BCUT2D eigenvalue weighted by atomic mass is 10.0. The molecule has 0 aromatic heterocycles. The van der Waals surface area contributed by atoms with E-state index >= 15 is 0 Å². The fourth-order valence-corrected chi connectivity index (χ4v) is 2.59. The number of aryl methyl sites for hydroxylation is 1. The van der Waals surface area contributed by atoms with Crippen LogP contribution in [0.3, 0.4) is 0 Å². The molecule has 0 radical (unpaired) electrons. The lowest BCUT2D eigenvalue weighted by Gasteiger charge is -2.29. The highest BCUT2D eigenvalue weighted by Gasteiger charge is 2.40. The first-order chi connectivity index (χ1) is 9.95. The molecular formula is C15H19NO5. The monoisotopic (exact) mass is 293 g/mol. The summed E-state index contributed by atoms with van der Waals surface area (Å²) in [5, 5.41) is 19.1. The van der Waals surface area contributed by atoms with Gasteiger partial charge in [0.25, 0.3) is 5.91 Å². The molecule has 1 aromatic rings. The Morgan fingerprint density at radius 3 is 2.71 bits per heavy atom. The van der Waals surface area contributed by atoms with Crippen molar-refractivity contribution < 1.29 is 24.5 Å². The Morgan fingerprint density at radius 1 is 1.38 bits per heavy atom. The van der Waals surface area contributed by atoms with Crippen LogP contribution in [0, 0.1) is 12.8 Å². The first kappa shape index (κ1) is 15.3. The SMILES string of the molecule is CCN(C(=O)c1cc(C)ccc1O)C1COCC1C(=O)O. The molecule has 0 aliphatic carbocycles. The average molecular weight is 293 g/mol. The second-order valence-corrected chi connectivity index (χ2v) is 5.16. The number of carboxylic acids is 1. The minimum absolute atomic E-state index is 0.101. The number of carboxylic acid groups (broad SMARTS) is 1. The van der Waals surface area contributed by atoms with Crippen molar-refractivity contribution in [2.24, 2.45) is 5.92 Å². The third-order valence-electron chi connectivity index (χ3n) is 3.75. The number of amides is 1. The maximum atomic E-state index is 12.6. The number of phenols is 1. The lowest BCUT2D eigenvalue weighted by Crippen LogP contribution is -2.46. The molecule has 2 rings (SSSR count). The van der Waals surface area contributed by atoms with Crippen molar-refractivity contribution in [1.82, 2.24) is 4.90 Å². The summed E-state index contributed by atoms with van der Waals surface area (Å²) in [6.07, 6.45) is 0. The number of aromatic hydroxyl groups is 1. The summed E-state index contributed by atoms with van der Waals surface area (Å²) in [6, 6.07) is 4.27. The standard InChI is InChI=1S/C15H19NO5/c1-3-16(12-8-21-7-11(12)15(19)20)14(18)10-6-9(2)4-5-13(10)17/h4-6,11-12,17H,3,7-8H2,1-2H3,(H,19,20). The smallest absolute Gasteiger partial charge is 0.311 e. The van der Waals surface area contributed by atoms with Gasteiger partial charge in [-0.2, -0.15) is 0 Å². The van der Waals surface area contributed by atoms with E-state index < -0.39 is 17.9 Å². The predicted molar refractivity (Wildman–Crippen MR) is 75.3 cm³/mol. The summed E-state index contributed by atoms with van der Waals surface area (Å²) in [4.78, 5) is 25.3. The number of carbonyl (C=O) groups excluding carboxylic acids is 1. The number of carbonyl (C=O) groups is 2. The molecule has 1 aliphatic heterocycles. The number of ether oxygens (including phenoxy) is 1. The number of aliphatic carboxylic acids is 1. The highest BCUT2D eigenvalue weighted by molar-refractivity contribution is 5.97. The van der Waals surface area contributed by atoms with Crippen molar-refractivity contribution in [3.05, 3.63) is 29.3 Å². The molecule has 1 aromatic carbocycles. The van der Waals surface area contributed by atoms with Crippen LogP contribution in [0.2, 0.25) is 0 Å². The van der Waals surface area contributed by atoms with Gasteiger partial charge in [0.15, 0.2) is 0 Å². The molecule has 2 N–H and O–H groups in total. The summed E-state index contributed by atoms with van der Waals surface area (Å²) in [7, 11) is 0. The fraction of sp³-hybridized carbons (Fsp3) is 0.467. The van der Waals surface area contributed by atoms with Crippen molar-refractivity contribution >= 4 is 11.9 Å². The maximum absolute atomic E-state index is 12.6. The molecular weight excluding hydrogens is 274 g/mol. The van der Waals surface area contributed by atoms with E-state index in [-0.39, 0.29) is 30.4 Å². The van der Waals surface area contributed by atoms with Gasteiger partial charge < -0.3 is 19.8 Å². The van der Waals surface area contributed by atoms with Crippen molar-refractivity contribution in [3.8, 4) is 5.75 Å². The van der Waals surface area contributed by atoms with Gasteiger partial charge in [-0.05, 0) is 26.0 Å². The molecule has 1 aliphatic rings. The maximum Gasteiger partial charge on any atom is 0.311 e. The minimum atomic E-state index is -0.975. The van der Waals surface area contributed by atoms with E-state index in [1.165, 1.54) is 11.0 Å². The van der Waals surface area contributed by atoms with E-state index in [2.05, 4.69) is 0 Å². The quantitative estimate of drug-likeness (QED) is 0.872. The first-order valence-electron chi connectivity index (χ1n) is 6.86. The Hall–Kier alpha value is -2.08. The number of hydrogen-bond acceptors (Lipinski definition) is 4. The van der Waals surface area contributed by atoms with Gasteiger partial charge in [0.1, 0.15) is 11.7 Å². The molecule has 6 nitrogen and oxygen atoms in total. The number of rotatable bonds is 4. The molecule has 1 saturated heterocycles. The van der Waals surface area contributed by atoms with E-state index in [9.17, 15) is 19.8 Å². The van der Waals surface area contributed by atoms with Crippen molar-refractivity contribution in [1.29, 1.82) is 0 Å². The Bertz CT molecular complexity index is 557. The van der Waals surface area contributed by atoms with Gasteiger partial charge in [0, 0.05) is 6.54 Å². The van der Waals surface area contributed by atoms with Gasteiger partial charge in [0.05, 0.1) is 24.8 Å². The molecule has 0 spiro atoms. The third-order valence-corrected chi connectivity index (χ3v) is 3.75. The molecule has 0 saturated carbocycles. The Labute approximate surface area is 122 Å². The van der Waals surface area contributed by atoms with Crippen LogP contribution < -0.4 is 0 Å². The largest absolute Gasteiger partial charge is 0.507 e. The molecule has 2 atom stereocenters. The van der Waals surface area contributed by atoms with Gasteiger partial charge >= 0.3 is 5.97 Å². The number of likely N-dealkylation sites (N-methyl/N-ethyl adjacent to an activating group) is 1. The first-order valence-corrected chi connectivity index (χ1v) is 6.86. The van der Waals surface area contributed by atoms with E-state index in [0.29, 0.717) is 6.54 Å². The van der Waals surface area contributed by atoms with Gasteiger partial charge in [-0.3, -0.25) is 9.59 Å². The minimum Gasteiger partial charge on any atom is -0.507 e. The highest BCUT2D eigenvalue weighted by atomic mass is 16.5. The van der Waals surface area contributed by atoms with Crippen LogP contribution in [-0.4, -0.2) is 52.8 Å². The number of hydrogen-bond donors (Lipinski definition) is 2. The molecule has 1 amide bonds. The van der Waals surface area contributed by atoms with Crippen molar-refractivity contribution in [2.45, 2.75) is 19.9 Å². The van der Waals surface area contributed by atoms with Crippen LogP contribution in [0.25, 0.3) is 0 Å². The van der Waals surface area contributed by atoms with Crippen LogP contribution in [0.4, 0.5) is 0 Å². The zero-order valence-electron chi connectivity index (χ0n) is 12.1. The number of nitrogens with zero attached hydrogens (tertiary/aromatic N) is 1. The van der Waals surface area contributed by atoms with Crippen LogP contribution in [0.1, 0.15) is 22.8 Å². The fourth-order valence-electron chi connectivity index (χ4n) is 2.59. The zero-order valence-corrected chi connectivity index (χ0v) is 12.1. The normalized spacial score (nSPS) is 21.2. The van der Waals surface area contributed by atoms with Gasteiger partial charge in [-0.15, -0.1) is 0 Å². The van der Waals surface area contributed by atoms with Crippen LogP contribution in [-0.2, 0) is 9.53 Å². The van der Waals surface area contributed by atoms with Crippen LogP contribution in [0.5, 0.6) is 5.75 Å². The van der Waals surface area contributed by atoms with Crippen LogP contribution in [0.15, 0.2) is 18.2 Å². The van der Waals surface area contributed by atoms with Gasteiger partial charge in [0.2, 0.25) is 0 Å². The lowest BCUT2D eigenvalue weighted by molar-refractivity contribution is -0.142. The number of benzene rings is 1. The summed E-state index contributed by atoms with van der Waals surface area (Å²) < 4.78 is 5.22. The predicted octanol–water partition coefficient (Wildman–Crippen LogP) is 1.26. The van der Waals surface area contributed by atoms with Crippen molar-refractivity contribution in [2.75, 3.05) is 19.8 Å². The molecule has 21 heavy (non-hydrogen) atoms. The summed E-state index contributed by atoms with van der Waals surface area (Å²) in [5.41, 5.74) is 1.04. The zero-order chi connectivity index (χ0) is 15.6. The Morgan fingerprint density at radius 2 is 2.10 bits per heavy atom. The Balaban J connectivity index is 2.30. The Kier molecular flexibility index (Phi) is 4.47. The van der Waals surface area contributed by atoms with E-state index in [1.54, 1.807) is 19.1 Å². The highest BCUT2D eigenvalue weighted by Crippen LogP contribution is 2.25. The molecule has 1 fully saturated rings. The molecule has 6 heteroatoms. The third kappa shape index (κ3) is 3.00. The molecule has 0 bridgehead atoms. The summed E-state index contributed by atoms with van der Waals surface area (Å²) in [5.74, 6) is -2.19. The molecule has 2 unspecified atom stereocenters. The summed E-state index contributed by atoms with van der Waals surface area (Å²) >= 11 is 0. The van der Waals surface area contributed by atoms with Crippen LogP contribution >= 0.6 is 0 Å². The second-order valence-electron chi connectivity index (χ2n) is 5.16. The summed E-state index contributed by atoms with van der Waals surface area (Å²) in [6.45, 7) is 4.25. The van der Waals surface area contributed by atoms with E-state index in [0.717, 1.165) is 5.56 Å². The number of phenolic OH excluding ortho intramolecular Hbond substituents is 1. The van der Waals surface area contributed by atoms with E-state index in [1.807, 2.05) is 6.92 Å². The topological polar surface area (TPSA) is 87.1 Å². The molecule has 114 valence electrons. The van der Waals surface area contributed by atoms with E-state index in [4.69, 9.17) is 4.74 Å². The van der Waals surface area contributed by atoms with Gasteiger partial charge in [-0.25, -0.2) is 0 Å². The van der Waals surface area contributed by atoms with Gasteiger partial charge in [-0.1, -0.05) is 11.6 Å². The second kappa shape index (κ2) is 6.13. The van der Waals surface area contributed by atoms with Crippen molar-refractivity contribution in [3.63, 3.8) is 0 Å². The molecule has 1 heterocycles. The average Bonchev–Trinajstić information content (AvgIpc) is 2.91.